The number of nitrogens with zero attached hydrogens (tertiary/aromatic N) is 3. The van der Waals surface area contributed by atoms with Crippen LogP contribution in [-0.4, -0.2) is 27.3 Å². The standard InChI is InChI=1S/C25H22BrClN4O2S/c1-17-3-2-4-21(13-17)31-23(14-28-24(32)15-33-22-11-9-20(27)10-12-22)29-30-25(31)34-16-18-5-7-19(26)8-6-18/h2-13H,14-16H2,1H3,(H,28,32). The van der Waals surface area contributed by atoms with Crippen molar-refractivity contribution in [1.82, 2.24) is 20.1 Å². The summed E-state index contributed by atoms with van der Waals surface area (Å²) in [6.07, 6.45) is 0. The Morgan fingerprint density at radius 1 is 1.09 bits per heavy atom. The van der Waals surface area contributed by atoms with Crippen LogP contribution in [0.5, 0.6) is 5.75 Å². The molecule has 1 heterocycles. The number of carbonyl (C=O) groups is 1. The Kier molecular flexibility index (Phi) is 8.26. The van der Waals surface area contributed by atoms with Crippen LogP contribution in [0.4, 0.5) is 0 Å². The Bertz CT molecular complexity index is 1260. The third-order valence-electron chi connectivity index (χ3n) is 4.87. The molecule has 0 saturated heterocycles. The van der Waals surface area contributed by atoms with Gasteiger partial charge in [-0.05, 0) is 66.6 Å². The Morgan fingerprint density at radius 2 is 1.85 bits per heavy atom. The van der Waals surface area contributed by atoms with E-state index >= 15 is 0 Å². The zero-order chi connectivity index (χ0) is 23.9. The van der Waals surface area contributed by atoms with Gasteiger partial charge in [-0.15, -0.1) is 10.2 Å². The van der Waals surface area contributed by atoms with Crippen LogP contribution in [0.2, 0.25) is 5.02 Å². The molecule has 4 aromatic rings. The summed E-state index contributed by atoms with van der Waals surface area (Å²) in [4.78, 5) is 12.4. The number of hydrogen-bond acceptors (Lipinski definition) is 5. The molecule has 1 aromatic heterocycles. The first-order valence-electron chi connectivity index (χ1n) is 10.5. The Hall–Kier alpha value is -2.81. The van der Waals surface area contributed by atoms with Gasteiger partial charge < -0.3 is 10.1 Å². The molecule has 3 aromatic carbocycles. The number of benzene rings is 3. The van der Waals surface area contributed by atoms with Gasteiger partial charge in [0.1, 0.15) is 5.75 Å². The number of carbonyl (C=O) groups excluding carboxylic acids is 1. The lowest BCUT2D eigenvalue weighted by atomic mass is 10.2. The number of ether oxygens (including phenoxy) is 1. The minimum atomic E-state index is -0.252. The molecule has 0 radical (unpaired) electrons. The summed E-state index contributed by atoms with van der Waals surface area (Å²) in [7, 11) is 0. The van der Waals surface area contributed by atoms with E-state index in [0.29, 0.717) is 16.6 Å². The van der Waals surface area contributed by atoms with E-state index < -0.39 is 0 Å². The predicted octanol–water partition coefficient (Wildman–Crippen LogP) is 5.98. The van der Waals surface area contributed by atoms with E-state index in [1.807, 2.05) is 41.8 Å². The highest BCUT2D eigenvalue weighted by Gasteiger charge is 2.16. The zero-order valence-corrected chi connectivity index (χ0v) is 21.5. The predicted molar refractivity (Wildman–Crippen MR) is 139 cm³/mol. The number of hydrogen-bond donors (Lipinski definition) is 1. The fraction of sp³-hybridized carbons (Fsp3) is 0.160. The fourth-order valence-electron chi connectivity index (χ4n) is 3.17. The van der Waals surface area contributed by atoms with Gasteiger partial charge in [-0.3, -0.25) is 9.36 Å². The van der Waals surface area contributed by atoms with Crippen molar-refractivity contribution in [3.8, 4) is 11.4 Å². The van der Waals surface area contributed by atoms with Crippen LogP contribution in [0.3, 0.4) is 0 Å². The van der Waals surface area contributed by atoms with Crippen molar-refractivity contribution in [2.24, 2.45) is 0 Å². The monoisotopic (exact) mass is 556 g/mol. The minimum absolute atomic E-state index is 0.106. The van der Waals surface area contributed by atoms with Crippen molar-refractivity contribution in [2.45, 2.75) is 24.4 Å². The van der Waals surface area contributed by atoms with Gasteiger partial charge in [-0.1, -0.05) is 63.6 Å². The molecule has 0 aliphatic heterocycles. The molecule has 1 N–H and O–H groups in total. The summed E-state index contributed by atoms with van der Waals surface area (Å²) in [5, 5.41) is 13.0. The topological polar surface area (TPSA) is 69.0 Å². The van der Waals surface area contributed by atoms with Crippen molar-refractivity contribution in [2.75, 3.05) is 6.61 Å². The lowest BCUT2D eigenvalue weighted by Crippen LogP contribution is -2.29. The van der Waals surface area contributed by atoms with Gasteiger partial charge >= 0.3 is 0 Å². The molecule has 0 aliphatic rings. The van der Waals surface area contributed by atoms with Crippen molar-refractivity contribution >= 4 is 45.2 Å². The average Bonchev–Trinajstić information content (AvgIpc) is 3.25. The summed E-state index contributed by atoms with van der Waals surface area (Å²) < 4.78 is 8.55. The average molecular weight is 558 g/mol. The molecule has 0 saturated carbocycles. The lowest BCUT2D eigenvalue weighted by Gasteiger charge is -2.12. The number of aromatic nitrogens is 3. The van der Waals surface area contributed by atoms with E-state index in [4.69, 9.17) is 16.3 Å². The Morgan fingerprint density at radius 3 is 2.59 bits per heavy atom. The van der Waals surface area contributed by atoms with Crippen molar-refractivity contribution in [3.63, 3.8) is 0 Å². The maximum absolute atomic E-state index is 12.4. The number of rotatable bonds is 9. The van der Waals surface area contributed by atoms with Gasteiger partial charge in [0, 0.05) is 20.9 Å². The van der Waals surface area contributed by atoms with E-state index in [1.165, 1.54) is 5.56 Å². The first-order chi connectivity index (χ1) is 16.5. The molecular weight excluding hydrogens is 536 g/mol. The van der Waals surface area contributed by atoms with Crippen LogP contribution < -0.4 is 10.1 Å². The van der Waals surface area contributed by atoms with Crippen LogP contribution in [-0.2, 0) is 17.1 Å². The summed E-state index contributed by atoms with van der Waals surface area (Å²) in [5.74, 6) is 1.72. The summed E-state index contributed by atoms with van der Waals surface area (Å²) in [6, 6.07) is 23.2. The van der Waals surface area contributed by atoms with Crippen LogP contribution in [0, 0.1) is 6.92 Å². The zero-order valence-electron chi connectivity index (χ0n) is 18.4. The number of nitrogens with one attached hydrogen (secondary N) is 1. The molecule has 6 nitrogen and oxygen atoms in total. The largest absolute Gasteiger partial charge is 0.484 e. The van der Waals surface area contributed by atoms with Crippen LogP contribution in [0.25, 0.3) is 5.69 Å². The lowest BCUT2D eigenvalue weighted by molar-refractivity contribution is -0.123. The van der Waals surface area contributed by atoms with Crippen molar-refractivity contribution < 1.29 is 9.53 Å². The SMILES string of the molecule is Cc1cccc(-n2c(CNC(=O)COc3ccc(Cl)cc3)nnc2SCc2ccc(Br)cc2)c1. The second kappa shape index (κ2) is 11.6. The Labute approximate surface area is 215 Å². The maximum atomic E-state index is 12.4. The maximum Gasteiger partial charge on any atom is 0.258 e. The van der Waals surface area contributed by atoms with Gasteiger partial charge in [0.25, 0.3) is 5.91 Å². The first kappa shape index (κ1) is 24.3. The third-order valence-corrected chi connectivity index (χ3v) is 6.65. The van der Waals surface area contributed by atoms with E-state index in [9.17, 15) is 4.79 Å². The smallest absolute Gasteiger partial charge is 0.258 e. The molecule has 0 spiro atoms. The molecule has 4 rings (SSSR count). The summed E-state index contributed by atoms with van der Waals surface area (Å²) in [6.45, 7) is 2.16. The van der Waals surface area contributed by atoms with Crippen LogP contribution in [0.1, 0.15) is 17.0 Å². The molecule has 174 valence electrons. The highest BCUT2D eigenvalue weighted by atomic mass is 79.9. The number of aryl methyl sites for hydroxylation is 1. The summed E-state index contributed by atoms with van der Waals surface area (Å²) in [5.41, 5.74) is 3.26. The third kappa shape index (κ3) is 6.62. The molecule has 1 amide bonds. The molecular formula is C25H22BrClN4O2S. The van der Waals surface area contributed by atoms with Crippen LogP contribution >= 0.6 is 39.3 Å². The molecule has 0 bridgehead atoms. The molecule has 0 unspecified atom stereocenters. The second-order valence-corrected chi connectivity index (χ2v) is 9.80. The van der Waals surface area contributed by atoms with Gasteiger partial charge in [-0.2, -0.15) is 0 Å². The minimum Gasteiger partial charge on any atom is -0.484 e. The molecule has 0 atom stereocenters. The summed E-state index contributed by atoms with van der Waals surface area (Å²) >= 11 is 10.9. The normalized spacial score (nSPS) is 10.8. The first-order valence-corrected chi connectivity index (χ1v) is 12.7. The van der Waals surface area contributed by atoms with Gasteiger partial charge in [0.05, 0.1) is 6.54 Å². The van der Waals surface area contributed by atoms with Gasteiger partial charge in [0.15, 0.2) is 17.6 Å². The fourth-order valence-corrected chi connectivity index (χ4v) is 4.49. The van der Waals surface area contributed by atoms with E-state index in [2.05, 4.69) is 49.6 Å². The van der Waals surface area contributed by atoms with Crippen molar-refractivity contribution in [3.05, 3.63) is 99.2 Å². The highest BCUT2D eigenvalue weighted by Crippen LogP contribution is 2.26. The van der Waals surface area contributed by atoms with Gasteiger partial charge in [-0.25, -0.2) is 0 Å². The number of halogens is 2. The second-order valence-electron chi connectivity index (χ2n) is 7.51. The van der Waals surface area contributed by atoms with E-state index in [0.717, 1.165) is 26.6 Å². The quantitative estimate of drug-likeness (QED) is 0.257. The van der Waals surface area contributed by atoms with E-state index in [1.54, 1.807) is 36.0 Å². The van der Waals surface area contributed by atoms with Crippen LogP contribution in [0.15, 0.2) is 82.4 Å². The molecule has 0 fully saturated rings. The van der Waals surface area contributed by atoms with Crippen molar-refractivity contribution in [1.29, 1.82) is 0 Å². The number of thioether (sulfide) groups is 1. The van der Waals surface area contributed by atoms with E-state index in [-0.39, 0.29) is 19.1 Å². The molecule has 34 heavy (non-hydrogen) atoms. The number of amides is 1. The molecule has 0 aliphatic carbocycles. The Balaban J connectivity index is 1.45. The molecule has 9 heteroatoms. The van der Waals surface area contributed by atoms with Gasteiger partial charge in [0.2, 0.25) is 0 Å². The highest BCUT2D eigenvalue weighted by molar-refractivity contribution is 9.10.